The molecule has 5 rings (SSSR count). The molecule has 264 valence electrons. The molecule has 0 heterocycles. The number of hydrogen-bond acceptors (Lipinski definition) is 8. The minimum Gasteiger partial charge on any atom is -0.493 e. The molecule has 0 saturated heterocycles. The zero-order valence-corrected chi connectivity index (χ0v) is 29.4. The Bertz CT molecular complexity index is 2080. The maximum Gasteiger partial charge on any atom is 0.272 e. The van der Waals surface area contributed by atoms with Crippen molar-refractivity contribution in [2.24, 2.45) is 5.73 Å². The highest BCUT2D eigenvalue weighted by atomic mass is 32.2. The van der Waals surface area contributed by atoms with E-state index in [9.17, 15) is 19.2 Å². The van der Waals surface area contributed by atoms with Gasteiger partial charge in [-0.05, 0) is 71.8 Å². The second-order valence-corrected chi connectivity index (χ2v) is 12.3. The van der Waals surface area contributed by atoms with Crippen LogP contribution in [0.3, 0.4) is 0 Å². The fourth-order valence-electron chi connectivity index (χ4n) is 5.18. The summed E-state index contributed by atoms with van der Waals surface area (Å²) in [5.41, 5.74) is 7.94. The number of carbonyl (C=O) groups is 4. The zero-order valence-electron chi connectivity index (χ0n) is 28.5. The number of nitrogens with one attached hydrogen (secondary N) is 3. The SMILES string of the molecule is COc1cc(/C=C(/NC(=O)c2ccccc2)C(=O)Nc2cccc(SC(C(=O)Nc3ccccc3C(N)=O)c3ccccc3)c2)cc(OC)c1OC. The van der Waals surface area contributed by atoms with Gasteiger partial charge in [-0.1, -0.05) is 66.7 Å². The smallest absolute Gasteiger partial charge is 0.272 e. The Labute approximate surface area is 305 Å². The van der Waals surface area contributed by atoms with E-state index in [4.69, 9.17) is 19.9 Å². The first kappa shape index (κ1) is 36.7. The number of anilines is 2. The van der Waals surface area contributed by atoms with Crippen LogP contribution in [0.1, 0.15) is 37.1 Å². The number of thioether (sulfide) groups is 1. The van der Waals surface area contributed by atoms with E-state index in [2.05, 4.69) is 16.0 Å². The average molecular weight is 717 g/mol. The second kappa shape index (κ2) is 17.4. The van der Waals surface area contributed by atoms with Crippen LogP contribution < -0.4 is 35.9 Å². The Morgan fingerprint density at radius 3 is 1.98 bits per heavy atom. The van der Waals surface area contributed by atoms with Gasteiger partial charge in [0.15, 0.2) is 11.5 Å². The molecular formula is C40H36N4O7S. The molecule has 0 aromatic heterocycles. The summed E-state index contributed by atoms with van der Waals surface area (Å²) in [6.07, 6.45) is 1.50. The Kier molecular flexibility index (Phi) is 12.3. The minimum absolute atomic E-state index is 0.0594. The topological polar surface area (TPSA) is 158 Å². The zero-order chi connectivity index (χ0) is 37.0. The maximum atomic E-state index is 13.9. The third-order valence-corrected chi connectivity index (χ3v) is 8.91. The molecule has 11 nitrogen and oxygen atoms in total. The number of benzene rings is 5. The standard InChI is InChI=1S/C40H36N4O7S/c1-49-33-22-25(23-34(50-2)35(33)51-3)21-32(44-38(46)27-15-8-5-9-16-27)39(47)42-28-17-12-18-29(24-28)52-36(26-13-6-4-7-14-26)40(48)43-31-20-11-10-19-30(31)37(41)45/h4-24,36H,1-3H3,(H2,41,45)(H,42,47)(H,43,48)(H,44,46)/b32-21+. The molecule has 1 unspecified atom stereocenters. The molecule has 52 heavy (non-hydrogen) atoms. The lowest BCUT2D eigenvalue weighted by Crippen LogP contribution is -2.30. The highest BCUT2D eigenvalue weighted by Crippen LogP contribution is 2.39. The van der Waals surface area contributed by atoms with Crippen LogP contribution in [0.15, 0.2) is 132 Å². The average Bonchev–Trinajstić information content (AvgIpc) is 3.17. The lowest BCUT2D eigenvalue weighted by Gasteiger charge is -2.19. The number of ether oxygens (including phenoxy) is 3. The van der Waals surface area contributed by atoms with Gasteiger partial charge in [0.05, 0.1) is 32.6 Å². The van der Waals surface area contributed by atoms with Crippen LogP contribution in [0, 0.1) is 0 Å². The molecule has 1 atom stereocenters. The minimum atomic E-state index is -0.742. The highest BCUT2D eigenvalue weighted by Gasteiger charge is 2.24. The van der Waals surface area contributed by atoms with Gasteiger partial charge in [-0.15, -0.1) is 11.8 Å². The number of rotatable bonds is 14. The van der Waals surface area contributed by atoms with Gasteiger partial charge in [-0.2, -0.15) is 0 Å². The van der Waals surface area contributed by atoms with E-state index in [0.717, 1.165) is 5.56 Å². The Hall–Kier alpha value is -6.53. The van der Waals surface area contributed by atoms with Crippen molar-refractivity contribution in [3.8, 4) is 17.2 Å². The summed E-state index contributed by atoms with van der Waals surface area (Å²) in [5, 5.41) is 7.70. The van der Waals surface area contributed by atoms with Crippen molar-refractivity contribution < 1.29 is 33.4 Å². The summed E-state index contributed by atoms with van der Waals surface area (Å²) in [5.74, 6) is -1.05. The van der Waals surface area contributed by atoms with Crippen LogP contribution in [0.4, 0.5) is 11.4 Å². The Morgan fingerprint density at radius 2 is 1.35 bits per heavy atom. The second-order valence-electron chi connectivity index (χ2n) is 11.1. The van der Waals surface area contributed by atoms with Crippen LogP contribution in [-0.4, -0.2) is 45.0 Å². The molecule has 5 N–H and O–H groups in total. The van der Waals surface area contributed by atoms with Gasteiger partial charge in [0, 0.05) is 16.1 Å². The first-order valence-corrected chi connectivity index (χ1v) is 16.8. The molecule has 0 aliphatic carbocycles. The number of amides is 4. The molecule has 4 amide bonds. The molecule has 0 fully saturated rings. The van der Waals surface area contributed by atoms with Crippen LogP contribution in [-0.2, 0) is 9.59 Å². The van der Waals surface area contributed by atoms with Gasteiger partial charge in [0.1, 0.15) is 10.9 Å². The van der Waals surface area contributed by atoms with Crippen molar-refractivity contribution in [2.75, 3.05) is 32.0 Å². The predicted molar refractivity (Wildman–Crippen MR) is 202 cm³/mol. The van der Waals surface area contributed by atoms with E-state index in [1.165, 1.54) is 39.2 Å². The van der Waals surface area contributed by atoms with Crippen molar-refractivity contribution in [1.82, 2.24) is 5.32 Å². The summed E-state index contributed by atoms with van der Waals surface area (Å²) in [6, 6.07) is 34.5. The van der Waals surface area contributed by atoms with Crippen LogP contribution in [0.25, 0.3) is 6.08 Å². The van der Waals surface area contributed by atoms with E-state index < -0.39 is 23.0 Å². The normalized spacial score (nSPS) is 11.5. The Balaban J connectivity index is 1.44. The molecule has 0 aliphatic heterocycles. The van der Waals surface area contributed by atoms with Crippen molar-refractivity contribution in [2.45, 2.75) is 10.1 Å². The van der Waals surface area contributed by atoms with Crippen molar-refractivity contribution in [3.63, 3.8) is 0 Å². The summed E-state index contributed by atoms with van der Waals surface area (Å²) >= 11 is 1.25. The third-order valence-electron chi connectivity index (χ3n) is 7.66. The first-order chi connectivity index (χ1) is 25.2. The summed E-state index contributed by atoms with van der Waals surface area (Å²) in [6.45, 7) is 0. The molecule has 5 aromatic rings. The number of nitrogens with two attached hydrogens (primary N) is 1. The molecule has 0 radical (unpaired) electrons. The summed E-state index contributed by atoms with van der Waals surface area (Å²) in [7, 11) is 4.44. The van der Waals surface area contributed by atoms with Crippen LogP contribution in [0.2, 0.25) is 0 Å². The molecule has 0 saturated carbocycles. The van der Waals surface area contributed by atoms with Gasteiger partial charge in [0.25, 0.3) is 17.7 Å². The van der Waals surface area contributed by atoms with Gasteiger partial charge in [0.2, 0.25) is 11.7 Å². The van der Waals surface area contributed by atoms with E-state index >= 15 is 0 Å². The molecule has 0 bridgehead atoms. The molecule has 0 aliphatic rings. The quantitative estimate of drug-likeness (QED) is 0.0731. The third kappa shape index (κ3) is 9.17. The Morgan fingerprint density at radius 1 is 0.712 bits per heavy atom. The number of primary amides is 1. The van der Waals surface area contributed by atoms with E-state index in [0.29, 0.717) is 44.6 Å². The highest BCUT2D eigenvalue weighted by molar-refractivity contribution is 8.00. The van der Waals surface area contributed by atoms with Crippen molar-refractivity contribution in [3.05, 3.63) is 149 Å². The largest absolute Gasteiger partial charge is 0.493 e. The maximum absolute atomic E-state index is 13.9. The molecular weight excluding hydrogens is 681 g/mol. The fourth-order valence-corrected chi connectivity index (χ4v) is 6.26. The van der Waals surface area contributed by atoms with E-state index in [1.807, 2.05) is 36.4 Å². The number of carbonyl (C=O) groups excluding carboxylic acids is 4. The van der Waals surface area contributed by atoms with Gasteiger partial charge < -0.3 is 35.9 Å². The van der Waals surface area contributed by atoms with Gasteiger partial charge in [-0.3, -0.25) is 19.2 Å². The first-order valence-electron chi connectivity index (χ1n) is 15.9. The van der Waals surface area contributed by atoms with Crippen LogP contribution in [0.5, 0.6) is 17.2 Å². The number of para-hydroxylation sites is 1. The molecule has 0 spiro atoms. The molecule has 5 aromatic carbocycles. The molecule has 12 heteroatoms. The summed E-state index contributed by atoms with van der Waals surface area (Å²) in [4.78, 5) is 53.5. The van der Waals surface area contributed by atoms with Crippen LogP contribution >= 0.6 is 11.8 Å². The number of methoxy groups -OCH3 is 3. The summed E-state index contributed by atoms with van der Waals surface area (Å²) < 4.78 is 16.4. The van der Waals surface area contributed by atoms with E-state index in [-0.39, 0.29) is 17.2 Å². The predicted octanol–water partition coefficient (Wildman–Crippen LogP) is 6.69. The number of hydrogen-bond donors (Lipinski definition) is 4. The van der Waals surface area contributed by atoms with E-state index in [1.54, 1.807) is 84.9 Å². The monoisotopic (exact) mass is 716 g/mol. The lowest BCUT2D eigenvalue weighted by molar-refractivity contribution is -0.116. The van der Waals surface area contributed by atoms with Gasteiger partial charge >= 0.3 is 0 Å². The fraction of sp³-hybridized carbons (Fsp3) is 0.100. The van der Waals surface area contributed by atoms with Crippen molar-refractivity contribution >= 4 is 52.8 Å². The van der Waals surface area contributed by atoms with Crippen molar-refractivity contribution in [1.29, 1.82) is 0 Å². The van der Waals surface area contributed by atoms with Gasteiger partial charge in [-0.25, -0.2) is 0 Å². The lowest BCUT2D eigenvalue weighted by atomic mass is 10.1.